The number of rotatable bonds is 3. The van der Waals surface area contributed by atoms with Gasteiger partial charge in [-0.25, -0.2) is 4.98 Å². The second kappa shape index (κ2) is 5.08. The molecule has 0 fully saturated rings. The number of benzene rings is 1. The second-order valence-electron chi connectivity index (χ2n) is 4.45. The fourth-order valence-corrected chi connectivity index (χ4v) is 2.02. The minimum atomic E-state index is 0.712. The lowest BCUT2D eigenvalue weighted by Crippen LogP contribution is -2.19. The number of pyridine rings is 1. The summed E-state index contributed by atoms with van der Waals surface area (Å²) in [6.45, 7) is 7.01. The van der Waals surface area contributed by atoms with Gasteiger partial charge in [-0.15, -0.1) is 0 Å². The van der Waals surface area contributed by atoms with Gasteiger partial charge < -0.3 is 10.6 Å². The third kappa shape index (κ3) is 2.45. The number of nitrogens with two attached hydrogens (primary N) is 1. The molecule has 0 radical (unpaired) electrons. The topological polar surface area (TPSA) is 42.2 Å². The summed E-state index contributed by atoms with van der Waals surface area (Å²) in [7, 11) is 0. The zero-order valence-electron chi connectivity index (χ0n) is 11.1. The van der Waals surface area contributed by atoms with Crippen LogP contribution in [0.15, 0.2) is 36.4 Å². The molecule has 1 aromatic heterocycles. The SMILES string of the molecule is CCN(c1cccc(C)c1)c1nc(C)ccc1N. The van der Waals surface area contributed by atoms with Crippen LogP contribution in [0.3, 0.4) is 0 Å². The Morgan fingerprint density at radius 2 is 1.94 bits per heavy atom. The first-order chi connectivity index (χ1) is 8.61. The maximum absolute atomic E-state index is 6.04. The molecule has 1 aromatic carbocycles. The van der Waals surface area contributed by atoms with Crippen molar-refractivity contribution in [3.63, 3.8) is 0 Å². The predicted octanol–water partition coefficient (Wildman–Crippen LogP) is 3.44. The largest absolute Gasteiger partial charge is 0.396 e. The molecule has 3 heteroatoms. The summed E-state index contributed by atoms with van der Waals surface area (Å²) in [5.41, 5.74) is 10.1. The van der Waals surface area contributed by atoms with Crippen molar-refractivity contribution in [2.24, 2.45) is 0 Å². The summed E-state index contributed by atoms with van der Waals surface area (Å²) in [5.74, 6) is 0.836. The highest BCUT2D eigenvalue weighted by molar-refractivity contribution is 5.71. The van der Waals surface area contributed by atoms with Gasteiger partial charge in [0, 0.05) is 17.9 Å². The molecule has 0 bridgehead atoms. The molecule has 0 saturated carbocycles. The van der Waals surface area contributed by atoms with Gasteiger partial charge in [-0.3, -0.25) is 0 Å². The van der Waals surface area contributed by atoms with E-state index in [2.05, 4.69) is 48.0 Å². The van der Waals surface area contributed by atoms with Crippen molar-refractivity contribution in [2.45, 2.75) is 20.8 Å². The van der Waals surface area contributed by atoms with Crippen molar-refractivity contribution in [1.82, 2.24) is 4.98 Å². The molecule has 1 heterocycles. The highest BCUT2D eigenvalue weighted by Crippen LogP contribution is 2.28. The van der Waals surface area contributed by atoms with E-state index < -0.39 is 0 Å². The van der Waals surface area contributed by atoms with Gasteiger partial charge in [0.25, 0.3) is 0 Å². The summed E-state index contributed by atoms with van der Waals surface area (Å²) in [6.07, 6.45) is 0. The second-order valence-corrected chi connectivity index (χ2v) is 4.45. The van der Waals surface area contributed by atoms with Gasteiger partial charge in [-0.2, -0.15) is 0 Å². The molecule has 18 heavy (non-hydrogen) atoms. The molecular weight excluding hydrogens is 222 g/mol. The average Bonchev–Trinajstić information content (AvgIpc) is 2.35. The van der Waals surface area contributed by atoms with Gasteiger partial charge in [-0.1, -0.05) is 12.1 Å². The highest BCUT2D eigenvalue weighted by Gasteiger charge is 2.12. The Morgan fingerprint density at radius 1 is 1.17 bits per heavy atom. The van der Waals surface area contributed by atoms with Crippen LogP contribution in [0.4, 0.5) is 17.2 Å². The van der Waals surface area contributed by atoms with E-state index in [9.17, 15) is 0 Å². The Labute approximate surface area is 108 Å². The van der Waals surface area contributed by atoms with E-state index in [0.717, 1.165) is 23.7 Å². The van der Waals surface area contributed by atoms with Gasteiger partial charge in [0.05, 0.1) is 5.69 Å². The van der Waals surface area contributed by atoms with E-state index in [0.29, 0.717) is 5.69 Å². The first-order valence-corrected chi connectivity index (χ1v) is 6.19. The van der Waals surface area contributed by atoms with Crippen LogP contribution in [-0.2, 0) is 0 Å². The van der Waals surface area contributed by atoms with Gasteiger partial charge in [0.1, 0.15) is 0 Å². The molecule has 0 amide bonds. The molecule has 0 unspecified atom stereocenters. The highest BCUT2D eigenvalue weighted by atomic mass is 15.2. The Hall–Kier alpha value is -2.03. The molecule has 2 aromatic rings. The lowest BCUT2D eigenvalue weighted by molar-refractivity contribution is 0.980. The summed E-state index contributed by atoms with van der Waals surface area (Å²) in [6, 6.07) is 12.2. The van der Waals surface area contributed by atoms with E-state index in [-0.39, 0.29) is 0 Å². The molecule has 94 valence electrons. The molecule has 0 spiro atoms. The molecular formula is C15H19N3. The normalized spacial score (nSPS) is 10.4. The van der Waals surface area contributed by atoms with Crippen LogP contribution in [-0.4, -0.2) is 11.5 Å². The van der Waals surface area contributed by atoms with E-state index >= 15 is 0 Å². The Kier molecular flexibility index (Phi) is 3.51. The van der Waals surface area contributed by atoms with Gasteiger partial charge in [0.15, 0.2) is 5.82 Å². The molecule has 0 aliphatic carbocycles. The Bertz CT molecular complexity index is 549. The molecule has 3 nitrogen and oxygen atoms in total. The predicted molar refractivity (Wildman–Crippen MR) is 77.2 cm³/mol. The van der Waals surface area contributed by atoms with E-state index in [1.165, 1.54) is 5.56 Å². The Morgan fingerprint density at radius 3 is 2.61 bits per heavy atom. The fraction of sp³-hybridized carbons (Fsp3) is 0.267. The van der Waals surface area contributed by atoms with E-state index in [1.807, 2.05) is 19.1 Å². The minimum absolute atomic E-state index is 0.712. The van der Waals surface area contributed by atoms with Crippen molar-refractivity contribution in [2.75, 3.05) is 17.2 Å². The zero-order valence-corrected chi connectivity index (χ0v) is 11.1. The lowest BCUT2D eigenvalue weighted by atomic mass is 10.2. The number of aromatic nitrogens is 1. The number of hydrogen-bond donors (Lipinski definition) is 1. The molecule has 2 N–H and O–H groups in total. The summed E-state index contributed by atoms with van der Waals surface area (Å²) >= 11 is 0. The van der Waals surface area contributed by atoms with Crippen LogP contribution in [0.25, 0.3) is 0 Å². The monoisotopic (exact) mass is 241 g/mol. The van der Waals surface area contributed by atoms with E-state index in [1.54, 1.807) is 0 Å². The Balaban J connectivity index is 2.48. The summed E-state index contributed by atoms with van der Waals surface area (Å²) < 4.78 is 0. The summed E-state index contributed by atoms with van der Waals surface area (Å²) in [5, 5.41) is 0. The van der Waals surface area contributed by atoms with Gasteiger partial charge in [-0.05, 0) is 50.6 Å². The maximum atomic E-state index is 6.04. The smallest absolute Gasteiger partial charge is 0.156 e. The van der Waals surface area contributed by atoms with Crippen LogP contribution in [0.1, 0.15) is 18.2 Å². The number of hydrogen-bond acceptors (Lipinski definition) is 3. The maximum Gasteiger partial charge on any atom is 0.156 e. The number of nitrogen functional groups attached to an aromatic ring is 1. The third-order valence-corrected chi connectivity index (χ3v) is 2.93. The van der Waals surface area contributed by atoms with Crippen LogP contribution >= 0.6 is 0 Å². The zero-order chi connectivity index (χ0) is 13.1. The van der Waals surface area contributed by atoms with E-state index in [4.69, 9.17) is 5.73 Å². The first kappa shape index (κ1) is 12.4. The number of anilines is 3. The molecule has 0 aliphatic heterocycles. The van der Waals surface area contributed by atoms with Crippen molar-refractivity contribution in [3.05, 3.63) is 47.7 Å². The van der Waals surface area contributed by atoms with Crippen molar-refractivity contribution in [3.8, 4) is 0 Å². The summed E-state index contributed by atoms with van der Waals surface area (Å²) in [4.78, 5) is 6.69. The van der Waals surface area contributed by atoms with Crippen LogP contribution < -0.4 is 10.6 Å². The van der Waals surface area contributed by atoms with Crippen molar-refractivity contribution >= 4 is 17.2 Å². The lowest BCUT2D eigenvalue weighted by Gasteiger charge is -2.24. The minimum Gasteiger partial charge on any atom is -0.396 e. The van der Waals surface area contributed by atoms with Crippen LogP contribution in [0.2, 0.25) is 0 Å². The van der Waals surface area contributed by atoms with Crippen LogP contribution in [0, 0.1) is 13.8 Å². The quantitative estimate of drug-likeness (QED) is 0.895. The molecule has 0 aliphatic rings. The van der Waals surface area contributed by atoms with Crippen LogP contribution in [0.5, 0.6) is 0 Å². The van der Waals surface area contributed by atoms with Crippen molar-refractivity contribution < 1.29 is 0 Å². The molecule has 0 atom stereocenters. The first-order valence-electron chi connectivity index (χ1n) is 6.19. The van der Waals surface area contributed by atoms with Crippen molar-refractivity contribution in [1.29, 1.82) is 0 Å². The fourth-order valence-electron chi connectivity index (χ4n) is 2.02. The standard InChI is InChI=1S/C15H19N3/c1-4-18(13-7-5-6-11(2)10-13)15-14(16)9-8-12(3)17-15/h5-10H,4,16H2,1-3H3. The number of aryl methyl sites for hydroxylation is 2. The molecule has 0 saturated heterocycles. The third-order valence-electron chi connectivity index (χ3n) is 2.93. The average molecular weight is 241 g/mol. The molecule has 2 rings (SSSR count). The van der Waals surface area contributed by atoms with Gasteiger partial charge in [0.2, 0.25) is 0 Å². The number of nitrogens with zero attached hydrogens (tertiary/aromatic N) is 2. The van der Waals surface area contributed by atoms with Gasteiger partial charge >= 0.3 is 0 Å².